The number of para-hydroxylation sites is 1. The number of benzene rings is 7. The summed E-state index contributed by atoms with van der Waals surface area (Å²) in [7, 11) is 0. The third kappa shape index (κ3) is 6.64. The van der Waals surface area contributed by atoms with Crippen molar-refractivity contribution < 1.29 is 0 Å². The van der Waals surface area contributed by atoms with Crippen molar-refractivity contribution in [3.8, 4) is 0 Å². The Kier molecular flexibility index (Phi) is 8.76. The van der Waals surface area contributed by atoms with Crippen LogP contribution in [-0.4, -0.2) is 0 Å². The number of hydrogen-bond acceptors (Lipinski definition) is 2. The molecule has 0 saturated carbocycles. The van der Waals surface area contributed by atoms with Gasteiger partial charge in [-0.25, -0.2) is 0 Å². The van der Waals surface area contributed by atoms with Gasteiger partial charge in [0.1, 0.15) is 0 Å². The summed E-state index contributed by atoms with van der Waals surface area (Å²) in [6, 6.07) is 51.7. The van der Waals surface area contributed by atoms with Crippen molar-refractivity contribution in [2.45, 2.75) is 73.1 Å². The van der Waals surface area contributed by atoms with E-state index in [9.17, 15) is 0 Å². The Morgan fingerprint density at radius 3 is 1.04 bits per heavy atom. The molecular formula is C49H50N2. The second-order valence-electron chi connectivity index (χ2n) is 16.1. The van der Waals surface area contributed by atoms with E-state index < -0.39 is 0 Å². The normalized spacial score (nSPS) is 12.0. The Morgan fingerprint density at radius 2 is 0.667 bits per heavy atom. The Labute approximate surface area is 305 Å². The van der Waals surface area contributed by atoms with Crippen LogP contribution in [0.25, 0.3) is 21.5 Å². The van der Waals surface area contributed by atoms with Gasteiger partial charge in [-0.2, -0.15) is 0 Å². The molecule has 0 aliphatic carbocycles. The van der Waals surface area contributed by atoms with E-state index in [4.69, 9.17) is 0 Å². The summed E-state index contributed by atoms with van der Waals surface area (Å²) in [5, 5.41) is 5.11. The molecule has 51 heavy (non-hydrogen) atoms. The summed E-state index contributed by atoms with van der Waals surface area (Å²) in [6.07, 6.45) is 0. The van der Waals surface area contributed by atoms with Gasteiger partial charge in [0.2, 0.25) is 0 Å². The van der Waals surface area contributed by atoms with E-state index in [1.807, 2.05) is 0 Å². The summed E-state index contributed by atoms with van der Waals surface area (Å²) in [6.45, 7) is 20.3. The molecule has 0 amide bonds. The van der Waals surface area contributed by atoms with Gasteiger partial charge in [0.05, 0.1) is 0 Å². The maximum atomic E-state index is 2.38. The largest absolute Gasteiger partial charge is 0.310 e. The molecule has 0 fully saturated rings. The van der Waals surface area contributed by atoms with Crippen molar-refractivity contribution in [2.24, 2.45) is 0 Å². The fourth-order valence-corrected chi connectivity index (χ4v) is 7.22. The van der Waals surface area contributed by atoms with Crippen LogP contribution < -0.4 is 9.80 Å². The van der Waals surface area contributed by atoms with E-state index in [1.54, 1.807) is 0 Å². The maximum Gasteiger partial charge on any atom is 0.0468 e. The Morgan fingerprint density at radius 1 is 0.333 bits per heavy atom. The van der Waals surface area contributed by atoms with Crippen LogP contribution in [0.5, 0.6) is 0 Å². The number of rotatable bonds is 6. The molecule has 0 saturated heterocycles. The summed E-state index contributed by atoms with van der Waals surface area (Å²) in [5.41, 5.74) is 13.6. The van der Waals surface area contributed by atoms with Crippen molar-refractivity contribution in [1.82, 2.24) is 0 Å². The van der Waals surface area contributed by atoms with Crippen molar-refractivity contribution in [1.29, 1.82) is 0 Å². The molecule has 0 aromatic heterocycles. The fraction of sp³-hybridized carbons (Fsp3) is 0.224. The van der Waals surface area contributed by atoms with Gasteiger partial charge in [0, 0.05) is 34.1 Å². The van der Waals surface area contributed by atoms with E-state index in [0.29, 0.717) is 0 Å². The molecule has 0 heterocycles. The minimum Gasteiger partial charge on any atom is -0.310 e. The van der Waals surface area contributed by atoms with Crippen LogP contribution in [-0.2, 0) is 10.8 Å². The lowest BCUT2D eigenvalue weighted by atomic mass is 9.87. The summed E-state index contributed by atoms with van der Waals surface area (Å²) >= 11 is 0. The lowest BCUT2D eigenvalue weighted by molar-refractivity contribution is 0.590. The van der Waals surface area contributed by atoms with Crippen molar-refractivity contribution in [2.75, 3.05) is 9.80 Å². The van der Waals surface area contributed by atoms with Gasteiger partial charge >= 0.3 is 0 Å². The standard InChI is InChI=1S/C49H50N2/c1-33-15-21-39(22-16-33)51(41-25-19-37(20-26-41)49(7,8)9)43-28-30-45-44-29-27-42(31-46(44)34(2)35(3)47(45)32-43)50(38-13-11-10-12-14-38)40-23-17-36(18-24-40)48(4,5)6/h10-32H,1-9H3. The Balaban J connectivity index is 1.36. The molecule has 0 spiro atoms. The van der Waals surface area contributed by atoms with Crippen LogP contribution in [0.15, 0.2) is 140 Å². The monoisotopic (exact) mass is 666 g/mol. The van der Waals surface area contributed by atoms with Crippen LogP contribution in [0.2, 0.25) is 0 Å². The zero-order chi connectivity index (χ0) is 36.1. The molecule has 256 valence electrons. The molecule has 7 rings (SSSR count). The highest BCUT2D eigenvalue weighted by atomic mass is 15.1. The topological polar surface area (TPSA) is 6.48 Å². The summed E-state index contributed by atoms with van der Waals surface area (Å²) in [4.78, 5) is 4.76. The Hall–Kier alpha value is -5.34. The molecule has 0 bridgehead atoms. The van der Waals surface area contributed by atoms with Crippen LogP contribution in [0, 0.1) is 20.8 Å². The van der Waals surface area contributed by atoms with E-state index in [2.05, 4.69) is 212 Å². The lowest BCUT2D eigenvalue weighted by Crippen LogP contribution is -2.13. The lowest BCUT2D eigenvalue weighted by Gasteiger charge is -2.28. The molecule has 7 aromatic carbocycles. The summed E-state index contributed by atoms with van der Waals surface area (Å²) in [5.74, 6) is 0. The highest BCUT2D eigenvalue weighted by Gasteiger charge is 2.20. The molecule has 0 aliphatic rings. The average molecular weight is 667 g/mol. The first-order valence-electron chi connectivity index (χ1n) is 18.2. The average Bonchev–Trinajstić information content (AvgIpc) is 3.12. The first-order valence-corrected chi connectivity index (χ1v) is 18.2. The van der Waals surface area contributed by atoms with Gasteiger partial charge in [-0.05, 0) is 148 Å². The Bertz CT molecular complexity index is 2320. The molecule has 0 atom stereocenters. The minimum absolute atomic E-state index is 0.0980. The molecule has 7 aromatic rings. The van der Waals surface area contributed by atoms with Crippen LogP contribution >= 0.6 is 0 Å². The van der Waals surface area contributed by atoms with Gasteiger partial charge in [-0.3, -0.25) is 0 Å². The van der Waals surface area contributed by atoms with Gasteiger partial charge in [-0.15, -0.1) is 0 Å². The predicted octanol–water partition coefficient (Wildman–Crippen LogP) is 14.5. The van der Waals surface area contributed by atoms with E-state index >= 15 is 0 Å². The van der Waals surface area contributed by atoms with Crippen molar-refractivity contribution >= 4 is 55.7 Å². The van der Waals surface area contributed by atoms with Crippen LogP contribution in [0.3, 0.4) is 0 Å². The highest BCUT2D eigenvalue weighted by Crippen LogP contribution is 2.43. The van der Waals surface area contributed by atoms with Gasteiger partial charge in [0.25, 0.3) is 0 Å². The molecule has 0 radical (unpaired) electrons. The highest BCUT2D eigenvalue weighted by molar-refractivity contribution is 6.12. The quantitative estimate of drug-likeness (QED) is 0.163. The molecule has 2 nitrogen and oxygen atoms in total. The smallest absolute Gasteiger partial charge is 0.0468 e. The van der Waals surface area contributed by atoms with Gasteiger partial charge in [-0.1, -0.05) is 114 Å². The van der Waals surface area contributed by atoms with Crippen molar-refractivity contribution in [3.05, 3.63) is 167 Å². The van der Waals surface area contributed by atoms with E-state index in [0.717, 1.165) is 34.1 Å². The molecule has 0 aliphatic heterocycles. The SMILES string of the molecule is Cc1ccc(N(c2ccc(C(C)(C)C)cc2)c2ccc3c(c2)c(C)c(C)c2cc(N(c4ccccc4)c4ccc(C(C)(C)C)cc4)ccc23)cc1. The molecular weight excluding hydrogens is 617 g/mol. The van der Waals surface area contributed by atoms with Crippen LogP contribution in [0.4, 0.5) is 34.1 Å². The zero-order valence-corrected chi connectivity index (χ0v) is 31.7. The predicted molar refractivity (Wildman–Crippen MR) is 222 cm³/mol. The second kappa shape index (κ2) is 13.1. The third-order valence-corrected chi connectivity index (χ3v) is 10.5. The number of fused-ring (bicyclic) bond motifs is 3. The number of anilines is 6. The maximum absolute atomic E-state index is 2.38. The second-order valence-corrected chi connectivity index (χ2v) is 16.1. The van der Waals surface area contributed by atoms with Crippen molar-refractivity contribution in [3.63, 3.8) is 0 Å². The molecule has 2 heteroatoms. The van der Waals surface area contributed by atoms with E-state index in [-0.39, 0.29) is 10.8 Å². The third-order valence-electron chi connectivity index (χ3n) is 10.5. The molecule has 0 N–H and O–H groups in total. The fourth-order valence-electron chi connectivity index (χ4n) is 7.22. The number of hydrogen-bond donors (Lipinski definition) is 0. The van der Waals surface area contributed by atoms with Crippen LogP contribution in [0.1, 0.15) is 69.4 Å². The molecule has 0 unspecified atom stereocenters. The van der Waals surface area contributed by atoms with Gasteiger partial charge < -0.3 is 9.80 Å². The first kappa shape index (κ1) is 34.1. The summed E-state index contributed by atoms with van der Waals surface area (Å²) < 4.78 is 0. The zero-order valence-electron chi connectivity index (χ0n) is 31.7. The first-order chi connectivity index (χ1) is 24.3. The number of aryl methyl sites for hydroxylation is 3. The van der Waals surface area contributed by atoms with E-state index in [1.165, 1.54) is 49.4 Å². The minimum atomic E-state index is 0.0980. The number of nitrogens with zero attached hydrogens (tertiary/aromatic N) is 2. The van der Waals surface area contributed by atoms with Gasteiger partial charge in [0.15, 0.2) is 0 Å².